The summed E-state index contributed by atoms with van der Waals surface area (Å²) in [5.41, 5.74) is 1.70. The van der Waals surface area contributed by atoms with E-state index in [4.69, 9.17) is 16.7 Å². The zero-order valence-electron chi connectivity index (χ0n) is 11.0. The third-order valence-corrected chi connectivity index (χ3v) is 3.57. The molecule has 7 heteroatoms. The fourth-order valence-electron chi connectivity index (χ4n) is 1.53. The fourth-order valence-corrected chi connectivity index (χ4v) is 2.37. The minimum atomic E-state index is -1.16. The second-order valence-electron chi connectivity index (χ2n) is 4.16. The average molecular weight is 323 g/mol. The van der Waals surface area contributed by atoms with Crippen LogP contribution in [0.2, 0.25) is 5.02 Å². The second kappa shape index (κ2) is 6.51. The molecule has 2 rings (SSSR count). The van der Waals surface area contributed by atoms with Crippen molar-refractivity contribution in [1.29, 1.82) is 0 Å². The Morgan fingerprint density at radius 2 is 2.00 bits per heavy atom. The number of benzene rings is 1. The Balaban J connectivity index is 2.12. The number of carbonyl (C=O) groups is 2. The summed E-state index contributed by atoms with van der Waals surface area (Å²) in [4.78, 5) is 26.5. The van der Waals surface area contributed by atoms with Gasteiger partial charge in [-0.1, -0.05) is 23.7 Å². The molecule has 0 aliphatic heterocycles. The van der Waals surface area contributed by atoms with E-state index in [1.54, 1.807) is 17.5 Å². The van der Waals surface area contributed by atoms with Crippen molar-refractivity contribution in [1.82, 2.24) is 4.98 Å². The number of carboxylic acids is 1. The lowest BCUT2D eigenvalue weighted by Crippen LogP contribution is -2.13. The summed E-state index contributed by atoms with van der Waals surface area (Å²) in [5, 5.41) is 14.0. The van der Waals surface area contributed by atoms with Crippen molar-refractivity contribution in [3.8, 4) is 11.3 Å². The highest BCUT2D eigenvalue weighted by Crippen LogP contribution is 2.26. The number of anilines is 1. The molecule has 0 aliphatic rings. The number of nitrogens with zero attached hydrogens (tertiary/aromatic N) is 1. The highest BCUT2D eigenvalue weighted by atomic mass is 35.5. The quantitative estimate of drug-likeness (QED) is 0.845. The summed E-state index contributed by atoms with van der Waals surface area (Å²) in [6.45, 7) is 1.43. The number of aromatic nitrogens is 1. The Morgan fingerprint density at radius 1 is 1.33 bits per heavy atom. The van der Waals surface area contributed by atoms with Crippen molar-refractivity contribution >= 4 is 39.9 Å². The minimum absolute atomic E-state index is 0.103. The van der Waals surface area contributed by atoms with E-state index in [0.717, 1.165) is 11.6 Å². The lowest BCUT2D eigenvalue weighted by atomic mass is 10.2. The molecular formula is C14H11ClN2O3S. The summed E-state index contributed by atoms with van der Waals surface area (Å²) in [5.74, 6) is -1.65. The smallest absolute Gasteiger partial charge is 0.328 e. The molecule has 0 saturated carbocycles. The van der Waals surface area contributed by atoms with Crippen LogP contribution < -0.4 is 5.32 Å². The van der Waals surface area contributed by atoms with Gasteiger partial charge in [-0.05, 0) is 19.1 Å². The zero-order valence-corrected chi connectivity index (χ0v) is 12.5. The van der Waals surface area contributed by atoms with E-state index >= 15 is 0 Å². The van der Waals surface area contributed by atoms with E-state index in [1.165, 1.54) is 18.3 Å². The zero-order chi connectivity index (χ0) is 15.4. The molecule has 108 valence electrons. The van der Waals surface area contributed by atoms with E-state index in [0.29, 0.717) is 15.8 Å². The van der Waals surface area contributed by atoms with E-state index in [1.807, 2.05) is 12.1 Å². The Hall–Kier alpha value is -2.18. The molecule has 21 heavy (non-hydrogen) atoms. The number of amides is 1. The lowest BCUT2D eigenvalue weighted by molar-refractivity contribution is -0.131. The van der Waals surface area contributed by atoms with Crippen LogP contribution in [-0.2, 0) is 9.59 Å². The van der Waals surface area contributed by atoms with Crippen LogP contribution in [0.1, 0.15) is 6.92 Å². The predicted octanol–water partition coefficient (Wildman–Crippen LogP) is 3.43. The summed E-state index contributed by atoms with van der Waals surface area (Å²) in [6.07, 6.45) is 0.850. The molecule has 2 N–H and O–H groups in total. The second-order valence-corrected chi connectivity index (χ2v) is 5.46. The molecule has 1 aromatic heterocycles. The number of nitrogens with one attached hydrogen (secondary N) is 1. The van der Waals surface area contributed by atoms with Gasteiger partial charge in [0, 0.05) is 27.6 Å². The Bertz CT molecular complexity index is 707. The van der Waals surface area contributed by atoms with E-state index in [-0.39, 0.29) is 5.57 Å². The maximum Gasteiger partial charge on any atom is 0.328 e. The van der Waals surface area contributed by atoms with Gasteiger partial charge in [-0.15, -0.1) is 11.3 Å². The number of carbonyl (C=O) groups excluding carboxylic acids is 1. The van der Waals surface area contributed by atoms with Crippen LogP contribution in [0.3, 0.4) is 0 Å². The first-order valence-electron chi connectivity index (χ1n) is 5.90. The normalized spacial score (nSPS) is 11.2. The summed E-state index contributed by atoms with van der Waals surface area (Å²) in [6, 6.07) is 7.18. The van der Waals surface area contributed by atoms with Gasteiger partial charge in [0.25, 0.3) is 5.91 Å². The maximum atomic E-state index is 11.7. The van der Waals surface area contributed by atoms with Gasteiger partial charge in [0.2, 0.25) is 0 Å². The standard InChI is InChI=1S/C14H11ClN2O3S/c1-8(6-12(18)19)13(20)17-14-16-11(7-21-14)9-2-4-10(15)5-3-9/h2-7H,1H3,(H,18,19)(H,16,17,20)/b8-6-. The Kier molecular flexibility index (Phi) is 4.72. The van der Waals surface area contributed by atoms with Gasteiger partial charge in [0.15, 0.2) is 5.13 Å². The van der Waals surface area contributed by atoms with Crippen molar-refractivity contribution in [3.63, 3.8) is 0 Å². The third kappa shape index (κ3) is 4.14. The summed E-state index contributed by atoms with van der Waals surface area (Å²) >= 11 is 7.08. The summed E-state index contributed by atoms with van der Waals surface area (Å²) < 4.78 is 0. The average Bonchev–Trinajstić information content (AvgIpc) is 2.87. The van der Waals surface area contributed by atoms with Crippen molar-refractivity contribution in [3.05, 3.63) is 46.3 Å². The molecule has 0 unspecified atom stereocenters. The first-order chi connectivity index (χ1) is 9.95. The molecule has 0 radical (unpaired) electrons. The van der Waals surface area contributed by atoms with Crippen LogP contribution in [0.25, 0.3) is 11.3 Å². The molecule has 1 aromatic carbocycles. The molecule has 0 bridgehead atoms. The monoisotopic (exact) mass is 322 g/mol. The van der Waals surface area contributed by atoms with E-state index in [9.17, 15) is 9.59 Å². The summed E-state index contributed by atoms with van der Waals surface area (Å²) in [7, 11) is 0. The van der Waals surface area contributed by atoms with Crippen LogP contribution in [-0.4, -0.2) is 22.0 Å². The highest BCUT2D eigenvalue weighted by Gasteiger charge is 2.10. The SMILES string of the molecule is C/C(=C/C(=O)O)C(=O)Nc1nc(-c2ccc(Cl)cc2)cs1. The van der Waals surface area contributed by atoms with Gasteiger partial charge in [-0.25, -0.2) is 9.78 Å². The highest BCUT2D eigenvalue weighted by molar-refractivity contribution is 7.14. The van der Waals surface area contributed by atoms with Crippen molar-refractivity contribution in [2.24, 2.45) is 0 Å². The number of carboxylic acid groups (broad SMARTS) is 1. The number of halogens is 1. The molecule has 2 aromatic rings. The van der Waals surface area contributed by atoms with Crippen molar-refractivity contribution in [2.75, 3.05) is 5.32 Å². The fraction of sp³-hybridized carbons (Fsp3) is 0.0714. The maximum absolute atomic E-state index is 11.7. The topological polar surface area (TPSA) is 79.3 Å². The molecule has 0 spiro atoms. The van der Waals surface area contributed by atoms with Crippen LogP contribution in [0.5, 0.6) is 0 Å². The third-order valence-electron chi connectivity index (χ3n) is 2.56. The molecule has 1 amide bonds. The van der Waals surface area contributed by atoms with Gasteiger partial charge in [-0.3, -0.25) is 10.1 Å². The first kappa shape index (κ1) is 15.2. The molecule has 0 atom stereocenters. The molecule has 5 nitrogen and oxygen atoms in total. The van der Waals surface area contributed by atoms with Gasteiger partial charge in [-0.2, -0.15) is 0 Å². The van der Waals surface area contributed by atoms with Crippen LogP contribution >= 0.6 is 22.9 Å². The van der Waals surface area contributed by atoms with Gasteiger partial charge in [0.05, 0.1) is 5.69 Å². The molecular weight excluding hydrogens is 312 g/mol. The van der Waals surface area contributed by atoms with Gasteiger partial charge in [0.1, 0.15) is 0 Å². The molecule has 0 fully saturated rings. The largest absolute Gasteiger partial charge is 0.478 e. The Morgan fingerprint density at radius 3 is 2.62 bits per heavy atom. The van der Waals surface area contributed by atoms with Crippen molar-refractivity contribution in [2.45, 2.75) is 6.92 Å². The number of rotatable bonds is 4. The molecule has 1 heterocycles. The van der Waals surface area contributed by atoms with Crippen molar-refractivity contribution < 1.29 is 14.7 Å². The van der Waals surface area contributed by atoms with E-state index < -0.39 is 11.9 Å². The number of hydrogen-bond donors (Lipinski definition) is 2. The first-order valence-corrected chi connectivity index (χ1v) is 7.15. The predicted molar refractivity (Wildman–Crippen MR) is 82.6 cm³/mol. The van der Waals surface area contributed by atoms with Crippen LogP contribution in [0, 0.1) is 0 Å². The number of aliphatic carboxylic acids is 1. The number of hydrogen-bond acceptors (Lipinski definition) is 4. The van der Waals surface area contributed by atoms with Crippen LogP contribution in [0.4, 0.5) is 5.13 Å². The molecule has 0 aliphatic carbocycles. The van der Waals surface area contributed by atoms with Crippen LogP contribution in [0.15, 0.2) is 41.3 Å². The van der Waals surface area contributed by atoms with Gasteiger partial charge >= 0.3 is 5.97 Å². The Labute approximate surface area is 129 Å². The molecule has 0 saturated heterocycles. The lowest BCUT2D eigenvalue weighted by Gasteiger charge is -2.00. The minimum Gasteiger partial charge on any atom is -0.478 e. The van der Waals surface area contributed by atoms with E-state index in [2.05, 4.69) is 10.3 Å². The van der Waals surface area contributed by atoms with Gasteiger partial charge < -0.3 is 5.11 Å². The number of thiazole rings is 1.